The fourth-order valence-corrected chi connectivity index (χ4v) is 3.53. The van der Waals surface area contributed by atoms with E-state index in [9.17, 15) is 0 Å². The minimum Gasteiger partial charge on any atom is -0.364 e. The summed E-state index contributed by atoms with van der Waals surface area (Å²) in [5.41, 5.74) is 5.50. The standard InChI is InChI=1S/C21H29N3/c1-15(2)18-10-8-11-19(16(3)4)21(18)23-13-17-9-7-12-20(22(5)6)24(17)14-23/h7-13,15-16H,14H2,1-6H3. The second-order valence-corrected chi connectivity index (χ2v) is 7.47. The molecule has 0 bridgehead atoms. The summed E-state index contributed by atoms with van der Waals surface area (Å²) >= 11 is 0. The van der Waals surface area contributed by atoms with Gasteiger partial charge in [0, 0.05) is 26.0 Å². The van der Waals surface area contributed by atoms with Crippen molar-refractivity contribution in [2.75, 3.05) is 25.7 Å². The highest BCUT2D eigenvalue weighted by Crippen LogP contribution is 2.39. The molecule has 1 aromatic rings. The minimum absolute atomic E-state index is 0.508. The summed E-state index contributed by atoms with van der Waals surface area (Å²) in [5.74, 6) is 2.25. The van der Waals surface area contributed by atoms with Gasteiger partial charge in [-0.3, -0.25) is 0 Å². The van der Waals surface area contributed by atoms with Crippen LogP contribution in [0.1, 0.15) is 50.7 Å². The molecule has 2 aliphatic rings. The molecule has 0 aromatic heterocycles. The second-order valence-electron chi connectivity index (χ2n) is 7.47. The van der Waals surface area contributed by atoms with Gasteiger partial charge in [0.25, 0.3) is 0 Å². The van der Waals surface area contributed by atoms with E-state index < -0.39 is 0 Å². The summed E-state index contributed by atoms with van der Waals surface area (Å²) in [6.45, 7) is 10.00. The first kappa shape index (κ1) is 16.7. The number of hydrogen-bond acceptors (Lipinski definition) is 3. The Hall–Kier alpha value is -2.16. The average molecular weight is 323 g/mol. The van der Waals surface area contributed by atoms with Crippen LogP contribution in [0.4, 0.5) is 5.69 Å². The largest absolute Gasteiger partial charge is 0.364 e. The van der Waals surface area contributed by atoms with Gasteiger partial charge < -0.3 is 14.7 Å². The van der Waals surface area contributed by atoms with Crippen LogP contribution in [-0.4, -0.2) is 30.6 Å². The van der Waals surface area contributed by atoms with Crippen molar-refractivity contribution in [3.8, 4) is 0 Å². The monoisotopic (exact) mass is 323 g/mol. The predicted octanol–water partition coefficient (Wildman–Crippen LogP) is 4.83. The summed E-state index contributed by atoms with van der Waals surface area (Å²) in [5, 5.41) is 0. The first-order valence-electron chi connectivity index (χ1n) is 8.84. The Morgan fingerprint density at radius 2 is 1.62 bits per heavy atom. The summed E-state index contributed by atoms with van der Waals surface area (Å²) in [7, 11) is 4.21. The Morgan fingerprint density at radius 1 is 1.00 bits per heavy atom. The zero-order valence-corrected chi connectivity index (χ0v) is 15.7. The number of para-hydroxylation sites is 1. The highest BCUT2D eigenvalue weighted by atomic mass is 15.4. The molecule has 128 valence electrons. The van der Waals surface area contributed by atoms with Crippen LogP contribution in [0.5, 0.6) is 0 Å². The van der Waals surface area contributed by atoms with Crippen molar-refractivity contribution in [2.45, 2.75) is 39.5 Å². The maximum absolute atomic E-state index is 2.42. The van der Waals surface area contributed by atoms with Crippen LogP contribution in [0.25, 0.3) is 0 Å². The Morgan fingerprint density at radius 3 is 2.17 bits per heavy atom. The minimum atomic E-state index is 0.508. The molecule has 0 amide bonds. The van der Waals surface area contributed by atoms with Crippen LogP contribution >= 0.6 is 0 Å². The zero-order chi connectivity index (χ0) is 17.4. The number of nitrogens with zero attached hydrogens (tertiary/aromatic N) is 3. The van der Waals surface area contributed by atoms with Gasteiger partial charge in [0.05, 0.1) is 5.70 Å². The van der Waals surface area contributed by atoms with E-state index in [0.29, 0.717) is 11.8 Å². The lowest BCUT2D eigenvalue weighted by Crippen LogP contribution is -2.33. The maximum Gasteiger partial charge on any atom is 0.109 e. The molecule has 1 aromatic carbocycles. The van der Waals surface area contributed by atoms with Crippen molar-refractivity contribution in [3.05, 3.63) is 65.3 Å². The van der Waals surface area contributed by atoms with Crippen LogP contribution in [0.2, 0.25) is 0 Å². The van der Waals surface area contributed by atoms with E-state index in [0.717, 1.165) is 6.67 Å². The second kappa shape index (κ2) is 6.39. The average Bonchev–Trinajstić information content (AvgIpc) is 2.97. The van der Waals surface area contributed by atoms with E-state index in [2.05, 4.69) is 99.1 Å². The first-order chi connectivity index (χ1) is 11.4. The lowest BCUT2D eigenvalue weighted by atomic mass is 9.92. The van der Waals surface area contributed by atoms with Gasteiger partial charge in [-0.05, 0) is 35.1 Å². The molecule has 3 rings (SSSR count). The lowest BCUT2D eigenvalue weighted by molar-refractivity contribution is 0.329. The lowest BCUT2D eigenvalue weighted by Gasteiger charge is -2.33. The van der Waals surface area contributed by atoms with Crippen molar-refractivity contribution in [2.24, 2.45) is 0 Å². The van der Waals surface area contributed by atoms with Gasteiger partial charge in [-0.15, -0.1) is 0 Å². The number of benzene rings is 1. The molecule has 2 aliphatic heterocycles. The molecule has 0 aliphatic carbocycles. The van der Waals surface area contributed by atoms with Crippen LogP contribution in [0.15, 0.2) is 54.1 Å². The zero-order valence-electron chi connectivity index (χ0n) is 15.7. The van der Waals surface area contributed by atoms with Gasteiger partial charge in [-0.2, -0.15) is 0 Å². The first-order valence-corrected chi connectivity index (χ1v) is 8.84. The molecule has 0 N–H and O–H groups in total. The molecule has 3 heteroatoms. The Balaban J connectivity index is 2.05. The Labute approximate surface area is 146 Å². The van der Waals surface area contributed by atoms with Gasteiger partial charge in [0.2, 0.25) is 0 Å². The molecule has 0 saturated heterocycles. The molecule has 3 nitrogen and oxygen atoms in total. The van der Waals surface area contributed by atoms with E-state index in [-0.39, 0.29) is 0 Å². The highest BCUT2D eigenvalue weighted by Gasteiger charge is 2.29. The van der Waals surface area contributed by atoms with Gasteiger partial charge in [-0.1, -0.05) is 52.0 Å². The van der Waals surface area contributed by atoms with Gasteiger partial charge in [-0.25, -0.2) is 0 Å². The van der Waals surface area contributed by atoms with Crippen LogP contribution in [0, 0.1) is 0 Å². The molecule has 0 radical (unpaired) electrons. The summed E-state index contributed by atoms with van der Waals surface area (Å²) in [6.07, 6.45) is 8.80. The molecular weight excluding hydrogens is 294 g/mol. The van der Waals surface area contributed by atoms with Gasteiger partial charge in [0.1, 0.15) is 12.5 Å². The maximum atomic E-state index is 2.42. The molecule has 0 atom stereocenters. The number of fused-ring (bicyclic) bond motifs is 1. The SMILES string of the molecule is CC(C)c1cccc(C(C)C)c1N1C=C2C=CC=C(N(C)C)N2C1. The van der Waals surface area contributed by atoms with Crippen molar-refractivity contribution in [3.63, 3.8) is 0 Å². The van der Waals surface area contributed by atoms with Crippen LogP contribution in [0.3, 0.4) is 0 Å². The third kappa shape index (κ3) is 2.83. The predicted molar refractivity (Wildman–Crippen MR) is 103 cm³/mol. The molecule has 0 spiro atoms. The highest BCUT2D eigenvalue weighted by molar-refractivity contribution is 5.65. The molecule has 0 saturated carbocycles. The molecule has 0 fully saturated rings. The Bertz CT molecular complexity index is 682. The van der Waals surface area contributed by atoms with E-state index in [1.807, 2.05) is 0 Å². The summed E-state index contributed by atoms with van der Waals surface area (Å²) in [6, 6.07) is 6.76. The third-order valence-corrected chi connectivity index (χ3v) is 4.77. The normalized spacial score (nSPS) is 16.7. The fourth-order valence-electron chi connectivity index (χ4n) is 3.53. The van der Waals surface area contributed by atoms with E-state index >= 15 is 0 Å². The number of hydrogen-bond donors (Lipinski definition) is 0. The number of allylic oxidation sites excluding steroid dienone is 3. The quantitative estimate of drug-likeness (QED) is 0.786. The van der Waals surface area contributed by atoms with Gasteiger partial charge in [0.15, 0.2) is 0 Å². The van der Waals surface area contributed by atoms with Crippen LogP contribution < -0.4 is 4.90 Å². The summed E-state index contributed by atoms with van der Waals surface area (Å²) < 4.78 is 0. The van der Waals surface area contributed by atoms with Crippen LogP contribution in [-0.2, 0) is 0 Å². The topological polar surface area (TPSA) is 9.72 Å². The van der Waals surface area contributed by atoms with Crippen molar-refractivity contribution in [1.29, 1.82) is 0 Å². The molecular formula is C21H29N3. The Kier molecular flexibility index (Phi) is 4.44. The van der Waals surface area contributed by atoms with Crippen molar-refractivity contribution >= 4 is 5.69 Å². The van der Waals surface area contributed by atoms with Crippen molar-refractivity contribution in [1.82, 2.24) is 9.80 Å². The summed E-state index contributed by atoms with van der Waals surface area (Å²) in [4.78, 5) is 6.98. The van der Waals surface area contributed by atoms with E-state index in [1.165, 1.54) is 28.3 Å². The van der Waals surface area contributed by atoms with Crippen molar-refractivity contribution < 1.29 is 0 Å². The molecule has 24 heavy (non-hydrogen) atoms. The van der Waals surface area contributed by atoms with E-state index in [4.69, 9.17) is 0 Å². The smallest absolute Gasteiger partial charge is 0.109 e. The molecule has 0 unspecified atom stereocenters. The number of rotatable bonds is 4. The fraction of sp³-hybridized carbons (Fsp3) is 0.429. The molecule has 2 heterocycles. The van der Waals surface area contributed by atoms with Gasteiger partial charge >= 0.3 is 0 Å². The van der Waals surface area contributed by atoms with E-state index in [1.54, 1.807) is 0 Å². The third-order valence-electron chi connectivity index (χ3n) is 4.77. The number of anilines is 1.